The van der Waals surface area contributed by atoms with Crippen LogP contribution in [0, 0.1) is 5.41 Å². The number of carbonyl (C=O) groups is 2. The molecular weight excluding hydrogens is 240 g/mol. The summed E-state index contributed by atoms with van der Waals surface area (Å²) in [5, 5.41) is 5.74. The fourth-order valence-corrected chi connectivity index (χ4v) is 1.67. The van der Waals surface area contributed by atoms with E-state index >= 15 is 0 Å². The van der Waals surface area contributed by atoms with Crippen LogP contribution in [0.3, 0.4) is 0 Å². The van der Waals surface area contributed by atoms with Gasteiger partial charge in [0.1, 0.15) is 0 Å². The number of amides is 2. The van der Waals surface area contributed by atoms with Gasteiger partial charge in [0, 0.05) is 24.4 Å². The van der Waals surface area contributed by atoms with E-state index in [-0.39, 0.29) is 17.9 Å². The van der Waals surface area contributed by atoms with Crippen molar-refractivity contribution in [3.8, 4) is 0 Å². The molecule has 0 heterocycles. The normalized spacial score (nSPS) is 12.9. The van der Waals surface area contributed by atoms with Gasteiger partial charge in [0.2, 0.25) is 11.8 Å². The molecule has 0 aliphatic rings. The topological polar surface area (TPSA) is 58.2 Å². The average Bonchev–Trinajstić information content (AvgIpc) is 2.27. The fraction of sp³-hybridized carbons (Fsp3) is 0.867. The van der Waals surface area contributed by atoms with Gasteiger partial charge in [-0.25, -0.2) is 0 Å². The molecule has 0 radical (unpaired) electrons. The van der Waals surface area contributed by atoms with E-state index < -0.39 is 5.41 Å². The molecule has 0 aliphatic heterocycles. The minimum absolute atomic E-state index is 0.0122. The Kier molecular flexibility index (Phi) is 8.44. The predicted octanol–water partition coefficient (Wildman–Crippen LogP) is 2.62. The first kappa shape index (κ1) is 17.9. The number of hydrogen-bond donors (Lipinski definition) is 2. The van der Waals surface area contributed by atoms with E-state index in [1.54, 1.807) is 0 Å². The monoisotopic (exact) mass is 270 g/mol. The van der Waals surface area contributed by atoms with Crippen molar-refractivity contribution in [3.63, 3.8) is 0 Å². The van der Waals surface area contributed by atoms with Gasteiger partial charge in [0.15, 0.2) is 0 Å². The van der Waals surface area contributed by atoms with Gasteiger partial charge in [-0.15, -0.1) is 0 Å². The Balaban J connectivity index is 3.73. The van der Waals surface area contributed by atoms with Crippen LogP contribution in [-0.2, 0) is 9.59 Å². The summed E-state index contributed by atoms with van der Waals surface area (Å²) in [5.74, 6) is -0.00509. The molecule has 2 amide bonds. The molecule has 0 saturated carbocycles. The van der Waals surface area contributed by atoms with E-state index in [1.165, 1.54) is 12.8 Å². The molecule has 0 aromatic rings. The predicted molar refractivity (Wildman–Crippen MR) is 78.8 cm³/mol. The zero-order chi connectivity index (χ0) is 14.9. The fourth-order valence-electron chi connectivity index (χ4n) is 1.67. The molecule has 0 rings (SSSR count). The van der Waals surface area contributed by atoms with Crippen molar-refractivity contribution in [2.24, 2.45) is 5.41 Å². The highest BCUT2D eigenvalue weighted by atomic mass is 16.2. The Hall–Kier alpha value is -1.06. The molecule has 0 spiro atoms. The summed E-state index contributed by atoms with van der Waals surface area (Å²) in [6.45, 7) is 10.2. The zero-order valence-electron chi connectivity index (χ0n) is 13.1. The third kappa shape index (κ3) is 9.51. The van der Waals surface area contributed by atoms with E-state index in [0.29, 0.717) is 13.0 Å². The number of carbonyl (C=O) groups excluding carboxylic acids is 2. The van der Waals surface area contributed by atoms with Crippen LogP contribution in [0.1, 0.15) is 66.7 Å². The van der Waals surface area contributed by atoms with Crippen molar-refractivity contribution in [1.82, 2.24) is 10.6 Å². The maximum atomic E-state index is 11.7. The van der Waals surface area contributed by atoms with Crippen LogP contribution in [0.25, 0.3) is 0 Å². The van der Waals surface area contributed by atoms with Gasteiger partial charge >= 0.3 is 0 Å². The molecule has 4 heteroatoms. The second-order valence-electron chi connectivity index (χ2n) is 6.22. The highest BCUT2D eigenvalue weighted by molar-refractivity contribution is 5.82. The van der Waals surface area contributed by atoms with Crippen molar-refractivity contribution in [2.45, 2.75) is 72.8 Å². The SMILES string of the molecule is CCCCCC(C)NC(=O)CCNC(=O)C(C)(C)C. The maximum Gasteiger partial charge on any atom is 0.225 e. The van der Waals surface area contributed by atoms with Gasteiger partial charge in [0.25, 0.3) is 0 Å². The van der Waals surface area contributed by atoms with Crippen LogP contribution >= 0.6 is 0 Å². The molecule has 0 aliphatic carbocycles. The summed E-state index contributed by atoms with van der Waals surface area (Å²) >= 11 is 0. The smallest absolute Gasteiger partial charge is 0.225 e. The Morgan fingerprint density at radius 3 is 2.32 bits per heavy atom. The van der Waals surface area contributed by atoms with Crippen molar-refractivity contribution in [2.75, 3.05) is 6.54 Å². The third-order valence-corrected chi connectivity index (χ3v) is 2.97. The largest absolute Gasteiger partial charge is 0.355 e. The molecule has 4 nitrogen and oxygen atoms in total. The van der Waals surface area contributed by atoms with Gasteiger partial charge in [-0.1, -0.05) is 47.0 Å². The molecule has 0 aromatic carbocycles. The summed E-state index contributed by atoms with van der Waals surface area (Å²) in [5.41, 5.74) is -0.399. The lowest BCUT2D eigenvalue weighted by molar-refractivity contribution is -0.128. The third-order valence-electron chi connectivity index (χ3n) is 2.97. The van der Waals surface area contributed by atoms with Crippen molar-refractivity contribution < 1.29 is 9.59 Å². The molecule has 1 unspecified atom stereocenters. The minimum atomic E-state index is -0.399. The second-order valence-corrected chi connectivity index (χ2v) is 6.22. The van der Waals surface area contributed by atoms with Crippen LogP contribution in [0.2, 0.25) is 0 Å². The Morgan fingerprint density at radius 2 is 1.79 bits per heavy atom. The van der Waals surface area contributed by atoms with Crippen molar-refractivity contribution in [1.29, 1.82) is 0 Å². The first-order chi connectivity index (χ1) is 8.77. The standard InChI is InChI=1S/C15H30N2O2/c1-6-7-8-9-12(2)17-13(18)10-11-16-14(19)15(3,4)5/h12H,6-11H2,1-5H3,(H,16,19)(H,17,18). The molecule has 0 saturated heterocycles. The Morgan fingerprint density at radius 1 is 1.16 bits per heavy atom. The molecule has 1 atom stereocenters. The number of rotatable bonds is 8. The second kappa shape index (κ2) is 8.94. The summed E-state index contributed by atoms with van der Waals surface area (Å²) in [7, 11) is 0. The molecule has 0 aromatic heterocycles. The quantitative estimate of drug-likeness (QED) is 0.666. The average molecular weight is 270 g/mol. The molecule has 2 N–H and O–H groups in total. The van der Waals surface area contributed by atoms with E-state index in [0.717, 1.165) is 12.8 Å². The van der Waals surface area contributed by atoms with Crippen molar-refractivity contribution >= 4 is 11.8 Å². The van der Waals surface area contributed by atoms with E-state index in [9.17, 15) is 9.59 Å². The lowest BCUT2D eigenvalue weighted by Gasteiger charge is -2.18. The van der Waals surface area contributed by atoms with Gasteiger partial charge in [-0.3, -0.25) is 9.59 Å². The van der Waals surface area contributed by atoms with E-state index in [1.807, 2.05) is 27.7 Å². The summed E-state index contributed by atoms with van der Waals surface area (Å²) < 4.78 is 0. The highest BCUT2D eigenvalue weighted by Crippen LogP contribution is 2.12. The molecule has 0 fully saturated rings. The summed E-state index contributed by atoms with van der Waals surface area (Å²) in [4.78, 5) is 23.3. The number of nitrogens with one attached hydrogen (secondary N) is 2. The molecule has 19 heavy (non-hydrogen) atoms. The first-order valence-corrected chi connectivity index (χ1v) is 7.35. The van der Waals surface area contributed by atoms with Gasteiger partial charge in [-0.2, -0.15) is 0 Å². The Labute approximate surface area is 117 Å². The van der Waals surface area contributed by atoms with E-state index in [4.69, 9.17) is 0 Å². The highest BCUT2D eigenvalue weighted by Gasteiger charge is 2.20. The lowest BCUT2D eigenvalue weighted by atomic mass is 9.96. The van der Waals surface area contributed by atoms with Gasteiger partial charge in [0.05, 0.1) is 0 Å². The van der Waals surface area contributed by atoms with Crippen LogP contribution in [-0.4, -0.2) is 24.4 Å². The minimum Gasteiger partial charge on any atom is -0.355 e. The summed E-state index contributed by atoms with van der Waals surface area (Å²) in [6.07, 6.45) is 4.92. The molecular formula is C15H30N2O2. The van der Waals surface area contributed by atoms with Gasteiger partial charge < -0.3 is 10.6 Å². The summed E-state index contributed by atoms with van der Waals surface area (Å²) in [6, 6.07) is 0.220. The van der Waals surface area contributed by atoms with Crippen LogP contribution in [0.5, 0.6) is 0 Å². The molecule has 0 bridgehead atoms. The lowest BCUT2D eigenvalue weighted by Crippen LogP contribution is -2.38. The van der Waals surface area contributed by atoms with Crippen LogP contribution in [0.4, 0.5) is 0 Å². The number of unbranched alkanes of at least 4 members (excludes halogenated alkanes) is 2. The van der Waals surface area contributed by atoms with Crippen LogP contribution < -0.4 is 10.6 Å². The van der Waals surface area contributed by atoms with E-state index in [2.05, 4.69) is 17.6 Å². The Bertz CT molecular complexity index is 282. The number of hydrogen-bond acceptors (Lipinski definition) is 2. The first-order valence-electron chi connectivity index (χ1n) is 7.35. The van der Waals surface area contributed by atoms with Gasteiger partial charge in [-0.05, 0) is 13.3 Å². The van der Waals surface area contributed by atoms with Crippen molar-refractivity contribution in [3.05, 3.63) is 0 Å². The zero-order valence-corrected chi connectivity index (χ0v) is 13.1. The van der Waals surface area contributed by atoms with Crippen LogP contribution in [0.15, 0.2) is 0 Å². The molecule has 112 valence electrons. The maximum absolute atomic E-state index is 11.7.